The van der Waals surface area contributed by atoms with E-state index >= 15 is 0 Å². The van der Waals surface area contributed by atoms with E-state index in [2.05, 4.69) is 71.6 Å². The van der Waals surface area contributed by atoms with Gasteiger partial charge in [0.1, 0.15) is 5.82 Å². The molecule has 1 aliphatic rings. The van der Waals surface area contributed by atoms with Gasteiger partial charge in [0, 0.05) is 44.2 Å². The number of guanidine groups is 1. The van der Waals surface area contributed by atoms with E-state index < -0.39 is 0 Å². The Morgan fingerprint density at radius 1 is 1.31 bits per heavy atom. The van der Waals surface area contributed by atoms with Gasteiger partial charge in [-0.1, -0.05) is 6.07 Å². The lowest BCUT2D eigenvalue weighted by Gasteiger charge is -2.36. The van der Waals surface area contributed by atoms with Crippen molar-refractivity contribution in [3.63, 3.8) is 0 Å². The fraction of sp³-hybridized carbons (Fsp3) is 0.684. The molecule has 1 saturated heterocycles. The van der Waals surface area contributed by atoms with Gasteiger partial charge >= 0.3 is 0 Å². The molecule has 0 radical (unpaired) electrons. The molecule has 2 atom stereocenters. The van der Waals surface area contributed by atoms with Crippen molar-refractivity contribution in [2.24, 2.45) is 4.99 Å². The Hall–Kier alpha value is -1.47. The maximum absolute atomic E-state index is 5.79. The highest BCUT2D eigenvalue weighted by Gasteiger charge is 2.23. The first-order valence-electron chi connectivity index (χ1n) is 9.18. The molecule has 2 rings (SSSR count). The second-order valence-corrected chi connectivity index (χ2v) is 8.94. The van der Waals surface area contributed by atoms with E-state index in [9.17, 15) is 0 Å². The Kier molecular flexibility index (Phi) is 7.58. The smallest absolute Gasteiger partial charge is 0.191 e. The molecule has 0 bridgehead atoms. The van der Waals surface area contributed by atoms with Gasteiger partial charge < -0.3 is 20.3 Å². The Labute approximate surface area is 162 Å². The number of hydrogen-bond acceptors (Lipinski definition) is 5. The molecule has 0 aliphatic carbocycles. The summed E-state index contributed by atoms with van der Waals surface area (Å²) < 4.78 is 5.97. The van der Waals surface area contributed by atoms with Crippen LogP contribution in [0.2, 0.25) is 0 Å². The van der Waals surface area contributed by atoms with Crippen molar-refractivity contribution in [1.29, 1.82) is 0 Å². The zero-order valence-electron chi connectivity index (χ0n) is 16.9. The average Bonchev–Trinajstić information content (AvgIpc) is 2.61. The Morgan fingerprint density at radius 2 is 2.00 bits per heavy atom. The maximum Gasteiger partial charge on any atom is 0.191 e. The van der Waals surface area contributed by atoms with Crippen molar-refractivity contribution in [3.05, 3.63) is 23.9 Å². The van der Waals surface area contributed by atoms with Crippen molar-refractivity contribution in [1.82, 2.24) is 15.6 Å². The predicted molar refractivity (Wildman–Crippen MR) is 112 cm³/mol. The zero-order valence-corrected chi connectivity index (χ0v) is 17.7. The number of thioether (sulfide) groups is 1. The van der Waals surface area contributed by atoms with Crippen LogP contribution in [0.4, 0.5) is 5.82 Å². The van der Waals surface area contributed by atoms with E-state index in [1.807, 2.05) is 18.0 Å². The van der Waals surface area contributed by atoms with E-state index in [4.69, 9.17) is 4.74 Å². The van der Waals surface area contributed by atoms with Crippen molar-refractivity contribution < 1.29 is 4.74 Å². The van der Waals surface area contributed by atoms with Crippen molar-refractivity contribution >= 4 is 23.5 Å². The third kappa shape index (κ3) is 6.36. The van der Waals surface area contributed by atoms with Crippen LogP contribution in [0.3, 0.4) is 0 Å². The summed E-state index contributed by atoms with van der Waals surface area (Å²) in [5.41, 5.74) is 1.13. The fourth-order valence-electron chi connectivity index (χ4n) is 2.85. The number of nitrogens with zero attached hydrogens (tertiary/aromatic N) is 3. The Balaban J connectivity index is 1.86. The minimum absolute atomic E-state index is 0.174. The first-order valence-corrected chi connectivity index (χ1v) is 10.4. The zero-order chi connectivity index (χ0) is 19.2. The molecule has 2 heterocycles. The van der Waals surface area contributed by atoms with Crippen LogP contribution in [0.15, 0.2) is 23.3 Å². The largest absolute Gasteiger partial charge is 0.372 e. The molecule has 1 fully saturated rings. The lowest BCUT2D eigenvalue weighted by atomic mass is 10.2. The third-order valence-electron chi connectivity index (χ3n) is 4.47. The number of nitrogens with one attached hydrogen (secondary N) is 2. The van der Waals surface area contributed by atoms with Gasteiger partial charge in [0.2, 0.25) is 0 Å². The van der Waals surface area contributed by atoms with Gasteiger partial charge in [0.05, 0.1) is 12.2 Å². The summed E-state index contributed by atoms with van der Waals surface area (Å²) in [4.78, 5) is 11.2. The SMILES string of the molecule is CN=C(NCc1ccc(N2CC(C)OC(C)C2)nc1)NCC(C)(C)SC. The summed E-state index contributed by atoms with van der Waals surface area (Å²) >= 11 is 1.84. The van der Waals surface area contributed by atoms with Gasteiger partial charge in [-0.3, -0.25) is 4.99 Å². The van der Waals surface area contributed by atoms with Crippen LogP contribution in [0.5, 0.6) is 0 Å². The minimum atomic E-state index is 0.174. The fourth-order valence-corrected chi connectivity index (χ4v) is 3.06. The number of rotatable bonds is 6. The number of ether oxygens (including phenoxy) is 1. The molecular formula is C19H33N5OS. The standard InChI is InChI=1S/C19H33N5OS/c1-14-11-24(12-15(2)25-14)17-8-7-16(9-21-17)10-22-18(20-5)23-13-19(3,4)26-6/h7-9,14-15H,10-13H2,1-6H3,(H2,20,22,23). The first-order chi connectivity index (χ1) is 12.3. The van der Waals surface area contributed by atoms with Gasteiger partial charge in [-0.05, 0) is 45.6 Å². The second-order valence-electron chi connectivity index (χ2n) is 7.43. The summed E-state index contributed by atoms with van der Waals surface area (Å²) in [6.45, 7) is 12.0. The van der Waals surface area contributed by atoms with Gasteiger partial charge in [0.25, 0.3) is 0 Å². The van der Waals surface area contributed by atoms with Crippen LogP contribution in [0.25, 0.3) is 0 Å². The molecule has 0 aromatic carbocycles. The molecule has 6 nitrogen and oxygen atoms in total. The van der Waals surface area contributed by atoms with Crippen LogP contribution in [0, 0.1) is 0 Å². The maximum atomic E-state index is 5.79. The van der Waals surface area contributed by atoms with E-state index in [1.54, 1.807) is 7.05 Å². The van der Waals surface area contributed by atoms with Gasteiger partial charge in [0.15, 0.2) is 5.96 Å². The Bertz CT molecular complexity index is 580. The third-order valence-corrected chi connectivity index (χ3v) is 5.72. The van der Waals surface area contributed by atoms with Crippen molar-refractivity contribution in [2.45, 2.75) is 51.2 Å². The molecular weight excluding hydrogens is 346 g/mol. The average molecular weight is 380 g/mol. The summed E-state index contributed by atoms with van der Waals surface area (Å²) in [7, 11) is 1.80. The monoisotopic (exact) mass is 379 g/mol. The van der Waals surface area contributed by atoms with Crippen molar-refractivity contribution in [3.8, 4) is 0 Å². The predicted octanol–water partition coefficient (Wildman–Crippen LogP) is 2.50. The molecule has 0 saturated carbocycles. The molecule has 1 aromatic heterocycles. The second kappa shape index (κ2) is 9.46. The number of morpholine rings is 1. The highest BCUT2D eigenvalue weighted by atomic mass is 32.2. The molecule has 26 heavy (non-hydrogen) atoms. The van der Waals surface area contributed by atoms with Crippen LogP contribution in [-0.4, -0.2) is 60.8 Å². The number of hydrogen-bond donors (Lipinski definition) is 2. The van der Waals surface area contributed by atoms with Crippen LogP contribution < -0.4 is 15.5 Å². The van der Waals surface area contributed by atoms with E-state index in [1.165, 1.54) is 0 Å². The normalized spacial score (nSPS) is 21.6. The summed E-state index contributed by atoms with van der Waals surface area (Å²) in [5.74, 6) is 1.83. The molecule has 1 aliphatic heterocycles. The minimum Gasteiger partial charge on any atom is -0.372 e. The molecule has 7 heteroatoms. The number of aromatic nitrogens is 1. The number of aliphatic imine (C=N–C) groups is 1. The van der Waals surface area contributed by atoms with E-state index in [0.717, 1.165) is 37.0 Å². The first kappa shape index (κ1) is 20.8. The summed E-state index contributed by atoms with van der Waals surface area (Å²) in [6.07, 6.45) is 4.54. The molecule has 0 spiro atoms. The molecule has 2 unspecified atom stereocenters. The van der Waals surface area contributed by atoms with Crippen molar-refractivity contribution in [2.75, 3.05) is 37.8 Å². The van der Waals surface area contributed by atoms with Gasteiger partial charge in [-0.25, -0.2) is 4.98 Å². The van der Waals surface area contributed by atoms with Gasteiger partial charge in [-0.15, -0.1) is 0 Å². The van der Waals surface area contributed by atoms with E-state index in [-0.39, 0.29) is 17.0 Å². The molecule has 2 N–H and O–H groups in total. The van der Waals surface area contributed by atoms with Crippen LogP contribution in [0.1, 0.15) is 33.3 Å². The summed E-state index contributed by atoms with van der Waals surface area (Å²) in [6, 6.07) is 4.22. The lowest BCUT2D eigenvalue weighted by Crippen LogP contribution is -2.45. The Morgan fingerprint density at radius 3 is 2.54 bits per heavy atom. The molecule has 0 amide bonds. The molecule has 1 aromatic rings. The summed E-state index contributed by atoms with van der Waals surface area (Å²) in [5, 5.41) is 6.73. The highest BCUT2D eigenvalue weighted by molar-refractivity contribution is 7.99. The van der Waals surface area contributed by atoms with Crippen LogP contribution >= 0.6 is 11.8 Å². The number of anilines is 1. The van der Waals surface area contributed by atoms with E-state index in [0.29, 0.717) is 6.54 Å². The topological polar surface area (TPSA) is 61.8 Å². The quantitative estimate of drug-likeness (QED) is 0.585. The van der Waals surface area contributed by atoms with Gasteiger partial charge in [-0.2, -0.15) is 11.8 Å². The number of pyridine rings is 1. The highest BCUT2D eigenvalue weighted by Crippen LogP contribution is 2.20. The molecule has 146 valence electrons. The lowest BCUT2D eigenvalue weighted by molar-refractivity contribution is -0.00545. The van der Waals surface area contributed by atoms with Crippen LogP contribution in [-0.2, 0) is 11.3 Å².